The summed E-state index contributed by atoms with van der Waals surface area (Å²) in [5.74, 6) is -2.21. The van der Waals surface area contributed by atoms with Crippen LogP contribution >= 0.6 is 11.6 Å². The molecule has 12 heteroatoms. The molecule has 0 aromatic heterocycles. The molecular formula is C18H19ClF3NO6S. The van der Waals surface area contributed by atoms with Gasteiger partial charge in [0.1, 0.15) is 11.8 Å². The number of likely N-dealkylation sites (tertiary alicyclic amines) is 1. The maximum Gasteiger partial charge on any atom is 0.425 e. The van der Waals surface area contributed by atoms with Crippen LogP contribution in [0, 0.1) is 5.92 Å². The number of hydrogen-bond acceptors (Lipinski definition) is 5. The average Bonchev–Trinajstić information content (AvgIpc) is 3.37. The van der Waals surface area contributed by atoms with E-state index >= 15 is 0 Å². The molecule has 1 aliphatic carbocycles. The Hall–Kier alpha value is -2.01. The highest BCUT2D eigenvalue weighted by Gasteiger charge is 2.48. The van der Waals surface area contributed by atoms with E-state index in [9.17, 15) is 36.3 Å². The zero-order chi connectivity index (χ0) is 22.4. The van der Waals surface area contributed by atoms with Gasteiger partial charge in [-0.3, -0.25) is 4.79 Å². The fraction of sp³-hybridized carbons (Fsp3) is 0.556. The lowest BCUT2D eigenvalue weighted by Crippen LogP contribution is -2.41. The summed E-state index contributed by atoms with van der Waals surface area (Å²) in [6.45, 7) is 0.517. The second kappa shape index (κ2) is 7.92. The first-order valence-corrected chi connectivity index (χ1v) is 11.0. The highest BCUT2D eigenvalue weighted by molar-refractivity contribution is 7.92. The molecule has 3 rings (SSSR count). The number of benzene rings is 1. The number of nitrogens with zero attached hydrogens (tertiary/aromatic N) is 1. The van der Waals surface area contributed by atoms with Crippen LogP contribution in [0.15, 0.2) is 23.1 Å². The molecule has 1 aliphatic heterocycles. The summed E-state index contributed by atoms with van der Waals surface area (Å²) in [7, 11) is -4.15. The zero-order valence-corrected chi connectivity index (χ0v) is 17.3. The van der Waals surface area contributed by atoms with Crippen molar-refractivity contribution in [3.8, 4) is 5.75 Å². The third-order valence-electron chi connectivity index (χ3n) is 5.18. The SMILES string of the molecule is C[C@H](Oc1ccc(S(=O)(=O)[C@@H]2C[C@@H](C(=O)O)N(C(=O)C3CC3)C2)c(Cl)c1)C(F)(F)F. The van der Waals surface area contributed by atoms with Crippen molar-refractivity contribution < 1.29 is 41.0 Å². The van der Waals surface area contributed by atoms with E-state index in [-0.39, 0.29) is 40.5 Å². The van der Waals surface area contributed by atoms with Crippen LogP contribution in [0.4, 0.5) is 13.2 Å². The van der Waals surface area contributed by atoms with Crippen molar-refractivity contribution in [1.82, 2.24) is 4.90 Å². The Labute approximate surface area is 175 Å². The van der Waals surface area contributed by atoms with Crippen LogP contribution in [0.25, 0.3) is 0 Å². The monoisotopic (exact) mass is 469 g/mol. The van der Waals surface area contributed by atoms with E-state index in [0.29, 0.717) is 12.8 Å². The molecule has 166 valence electrons. The minimum atomic E-state index is -4.61. The van der Waals surface area contributed by atoms with Gasteiger partial charge in [-0.1, -0.05) is 11.6 Å². The molecule has 7 nitrogen and oxygen atoms in total. The molecule has 1 saturated heterocycles. The number of ether oxygens (including phenoxy) is 1. The largest absolute Gasteiger partial charge is 0.481 e. The highest BCUT2D eigenvalue weighted by atomic mass is 35.5. The number of hydrogen-bond donors (Lipinski definition) is 1. The van der Waals surface area contributed by atoms with Crippen molar-refractivity contribution in [3.05, 3.63) is 23.2 Å². The molecule has 1 aromatic carbocycles. The summed E-state index contributed by atoms with van der Waals surface area (Å²) in [5.41, 5.74) is 0. The van der Waals surface area contributed by atoms with E-state index < -0.39 is 39.4 Å². The Morgan fingerprint density at radius 1 is 1.30 bits per heavy atom. The van der Waals surface area contributed by atoms with Gasteiger partial charge in [-0.2, -0.15) is 13.2 Å². The number of carboxylic acid groups (broad SMARTS) is 1. The Morgan fingerprint density at radius 3 is 2.43 bits per heavy atom. The summed E-state index contributed by atoms with van der Waals surface area (Å²) in [6, 6.07) is 1.79. The predicted molar refractivity (Wildman–Crippen MR) is 99.0 cm³/mol. The first kappa shape index (κ1) is 22.7. The Balaban J connectivity index is 1.82. The molecule has 0 radical (unpaired) electrons. The van der Waals surface area contributed by atoms with Crippen LogP contribution in [0.1, 0.15) is 26.2 Å². The van der Waals surface area contributed by atoms with E-state index in [1.165, 1.54) is 0 Å². The number of alkyl halides is 3. The van der Waals surface area contributed by atoms with E-state index in [0.717, 1.165) is 30.0 Å². The van der Waals surface area contributed by atoms with Gasteiger partial charge in [0.15, 0.2) is 15.9 Å². The zero-order valence-electron chi connectivity index (χ0n) is 15.7. The normalized spacial score (nSPS) is 23.3. The van der Waals surface area contributed by atoms with E-state index in [1.54, 1.807) is 0 Å². The predicted octanol–water partition coefficient (Wildman–Crippen LogP) is 2.91. The molecule has 0 bridgehead atoms. The lowest BCUT2D eigenvalue weighted by Gasteiger charge is -2.21. The Bertz CT molecular complexity index is 963. The lowest BCUT2D eigenvalue weighted by molar-refractivity contribution is -0.189. The molecule has 3 atom stereocenters. The third-order valence-corrected chi connectivity index (χ3v) is 7.79. The Morgan fingerprint density at radius 2 is 1.93 bits per heavy atom. The van der Waals surface area contributed by atoms with E-state index in [4.69, 9.17) is 16.3 Å². The van der Waals surface area contributed by atoms with Crippen molar-refractivity contribution >= 4 is 33.3 Å². The number of aliphatic carboxylic acids is 1. The molecule has 2 aliphatic rings. The molecule has 30 heavy (non-hydrogen) atoms. The minimum Gasteiger partial charge on any atom is -0.481 e. The molecule has 0 spiro atoms. The van der Waals surface area contributed by atoms with Crippen LogP contribution < -0.4 is 4.74 Å². The smallest absolute Gasteiger partial charge is 0.425 e. The van der Waals surface area contributed by atoms with Gasteiger partial charge in [-0.05, 0) is 38.3 Å². The molecule has 1 saturated carbocycles. The molecule has 2 fully saturated rings. The number of carboxylic acids is 1. The van der Waals surface area contributed by atoms with Crippen molar-refractivity contribution in [2.24, 2.45) is 5.92 Å². The van der Waals surface area contributed by atoms with Gasteiger partial charge < -0.3 is 14.7 Å². The number of rotatable bonds is 6. The summed E-state index contributed by atoms with van der Waals surface area (Å²) in [4.78, 5) is 24.6. The molecule has 0 unspecified atom stereocenters. The first-order chi connectivity index (χ1) is 13.8. The summed E-state index contributed by atoms with van der Waals surface area (Å²) >= 11 is 6.01. The minimum absolute atomic E-state index is 0.260. The van der Waals surface area contributed by atoms with Crippen LogP contribution in [0.3, 0.4) is 0 Å². The number of sulfone groups is 1. The van der Waals surface area contributed by atoms with Crippen LogP contribution in [0.2, 0.25) is 5.02 Å². The van der Waals surface area contributed by atoms with Gasteiger partial charge in [0, 0.05) is 18.5 Å². The van der Waals surface area contributed by atoms with Gasteiger partial charge >= 0.3 is 12.1 Å². The second-order valence-corrected chi connectivity index (χ2v) is 10.0. The van der Waals surface area contributed by atoms with Crippen LogP contribution in [0.5, 0.6) is 5.75 Å². The molecule has 1 aromatic rings. The highest BCUT2D eigenvalue weighted by Crippen LogP contribution is 2.38. The summed E-state index contributed by atoms with van der Waals surface area (Å²) in [5, 5.41) is 7.86. The summed E-state index contributed by atoms with van der Waals surface area (Å²) in [6.07, 6.45) is -5.74. The van der Waals surface area contributed by atoms with E-state index in [1.807, 2.05) is 0 Å². The third kappa shape index (κ3) is 4.51. The van der Waals surface area contributed by atoms with Crippen molar-refractivity contribution in [3.63, 3.8) is 0 Å². The standard InChI is InChI=1S/C18H19ClF3NO6S/c1-9(18(20,21)22)29-11-4-5-15(13(19)6-11)30(27,28)12-7-14(17(25)26)23(8-12)16(24)10-2-3-10/h4-6,9-10,12,14H,2-3,7-8H2,1H3,(H,25,26)/t9-,12+,14-/m0/s1. The molecule has 1 amide bonds. The topological polar surface area (TPSA) is 101 Å². The Kier molecular flexibility index (Phi) is 5.98. The van der Waals surface area contributed by atoms with Crippen molar-refractivity contribution in [2.75, 3.05) is 6.54 Å². The van der Waals surface area contributed by atoms with Crippen LogP contribution in [-0.4, -0.2) is 60.4 Å². The maximum absolute atomic E-state index is 13.0. The first-order valence-electron chi connectivity index (χ1n) is 9.12. The molecule has 1 N–H and O–H groups in total. The second-order valence-electron chi connectivity index (χ2n) is 7.42. The van der Waals surface area contributed by atoms with Crippen molar-refractivity contribution in [1.29, 1.82) is 0 Å². The number of halogens is 4. The van der Waals surface area contributed by atoms with Crippen LogP contribution in [-0.2, 0) is 19.4 Å². The van der Waals surface area contributed by atoms with Gasteiger partial charge in [-0.25, -0.2) is 13.2 Å². The number of carbonyl (C=O) groups excluding carboxylic acids is 1. The quantitative estimate of drug-likeness (QED) is 0.687. The summed E-state index contributed by atoms with van der Waals surface area (Å²) < 4.78 is 68.7. The fourth-order valence-corrected chi connectivity index (χ4v) is 5.53. The maximum atomic E-state index is 13.0. The van der Waals surface area contributed by atoms with Gasteiger partial charge in [-0.15, -0.1) is 0 Å². The van der Waals surface area contributed by atoms with Gasteiger partial charge in [0.05, 0.1) is 15.2 Å². The van der Waals surface area contributed by atoms with Crippen molar-refractivity contribution in [2.45, 2.75) is 54.7 Å². The number of amides is 1. The van der Waals surface area contributed by atoms with E-state index in [2.05, 4.69) is 0 Å². The van der Waals surface area contributed by atoms with Gasteiger partial charge in [0.25, 0.3) is 0 Å². The lowest BCUT2D eigenvalue weighted by atomic mass is 10.2. The fourth-order valence-electron chi connectivity index (χ4n) is 3.30. The number of carbonyl (C=O) groups is 2. The molecule has 1 heterocycles. The van der Waals surface area contributed by atoms with Gasteiger partial charge in [0.2, 0.25) is 5.91 Å². The molecular weight excluding hydrogens is 451 g/mol. The average molecular weight is 470 g/mol.